The number of anilines is 1. The zero-order chi connectivity index (χ0) is 28.9. The van der Waals surface area contributed by atoms with Crippen molar-refractivity contribution in [3.05, 3.63) is 101 Å². The molecule has 7 rings (SSSR count). The molecule has 2 atom stereocenters. The average Bonchev–Trinajstić information content (AvgIpc) is 3.25. The third kappa shape index (κ3) is 4.09. The first-order chi connectivity index (χ1) is 19.7. The number of nitrogens with zero attached hydrogens (tertiary/aromatic N) is 1. The van der Waals surface area contributed by atoms with Crippen molar-refractivity contribution in [1.82, 2.24) is 4.90 Å². The fourth-order valence-corrected chi connectivity index (χ4v) is 7.56. The largest absolute Gasteiger partial charge is 0.462 e. The van der Waals surface area contributed by atoms with Crippen molar-refractivity contribution >= 4 is 52.6 Å². The molecule has 3 aromatic carbocycles. The fourth-order valence-electron chi connectivity index (χ4n) is 6.46. The van der Waals surface area contributed by atoms with E-state index in [2.05, 4.69) is 5.32 Å². The molecule has 0 spiro atoms. The molecule has 4 aliphatic rings. The second-order valence-corrected chi connectivity index (χ2v) is 11.9. The highest BCUT2D eigenvalue weighted by Crippen LogP contribution is 2.69. The van der Waals surface area contributed by atoms with Crippen LogP contribution in [-0.2, 0) is 28.9 Å². The van der Waals surface area contributed by atoms with E-state index < -0.39 is 39.4 Å². The van der Waals surface area contributed by atoms with Crippen molar-refractivity contribution in [1.29, 1.82) is 0 Å². The minimum Gasteiger partial charge on any atom is -0.462 e. The van der Waals surface area contributed by atoms with Gasteiger partial charge in [0.1, 0.15) is 9.75 Å². The van der Waals surface area contributed by atoms with Crippen LogP contribution in [0.2, 0.25) is 0 Å². The summed E-state index contributed by atoms with van der Waals surface area (Å²) in [6.07, 6.45) is 1.61. The Bertz CT molecular complexity index is 1450. The smallest absolute Gasteiger partial charge is 0.338 e. The standard InChI is InChI=1S/C32H28Cl2N2O5/c1-2-3-18-41-30(40)19-12-14-20(15-13-19)35-25(37)16-17-36-28(38)26-27(29(36)39)32(34)22-9-5-4-8-21(22)31(26,33)23-10-6-7-11-24(23)32/h4-15,26-27H,2-3,16-18H2,1H3,(H,35,37)/t26-,27-,31?,32?/m1/s1. The number of benzene rings is 3. The molecule has 3 aliphatic carbocycles. The highest BCUT2D eigenvalue weighted by atomic mass is 35.5. The van der Waals surface area contributed by atoms with Crippen LogP contribution in [0.1, 0.15) is 58.8 Å². The van der Waals surface area contributed by atoms with Crippen LogP contribution in [0.15, 0.2) is 72.8 Å². The molecule has 1 aliphatic heterocycles. The third-order valence-electron chi connectivity index (χ3n) is 8.37. The first-order valence-corrected chi connectivity index (χ1v) is 14.5. The van der Waals surface area contributed by atoms with Gasteiger partial charge in [-0.15, -0.1) is 23.2 Å². The Morgan fingerprint density at radius 2 is 1.32 bits per heavy atom. The Hall–Kier alpha value is -3.68. The maximum atomic E-state index is 13.9. The number of nitrogens with one attached hydrogen (secondary N) is 1. The highest BCUT2D eigenvalue weighted by molar-refractivity contribution is 6.36. The molecule has 3 amide bonds. The van der Waals surface area contributed by atoms with Gasteiger partial charge >= 0.3 is 5.97 Å². The first kappa shape index (κ1) is 27.5. The Labute approximate surface area is 247 Å². The van der Waals surface area contributed by atoms with Crippen LogP contribution in [0, 0.1) is 11.8 Å². The molecule has 0 saturated carbocycles. The predicted octanol–water partition coefficient (Wildman–Crippen LogP) is 5.57. The van der Waals surface area contributed by atoms with E-state index in [1.54, 1.807) is 24.3 Å². The molecule has 9 heteroatoms. The molecule has 3 aromatic rings. The number of hydrogen-bond acceptors (Lipinski definition) is 5. The van der Waals surface area contributed by atoms with Gasteiger partial charge in [-0.2, -0.15) is 0 Å². The first-order valence-electron chi connectivity index (χ1n) is 13.7. The SMILES string of the molecule is CCCCOC(=O)c1ccc(NC(=O)CCN2C(=O)[C@H]3[C@H](C2=O)C2(Cl)c4ccccc4C3(Cl)c3ccccc32)cc1. The van der Waals surface area contributed by atoms with Gasteiger partial charge in [0.2, 0.25) is 17.7 Å². The van der Waals surface area contributed by atoms with Gasteiger partial charge in [0.15, 0.2) is 0 Å². The predicted molar refractivity (Wildman–Crippen MR) is 155 cm³/mol. The summed E-state index contributed by atoms with van der Waals surface area (Å²) in [6.45, 7) is 2.26. The van der Waals surface area contributed by atoms with Crippen molar-refractivity contribution in [3.8, 4) is 0 Å². The highest BCUT2D eigenvalue weighted by Gasteiger charge is 2.72. The molecular formula is C32H28Cl2N2O5. The molecule has 7 nitrogen and oxygen atoms in total. The monoisotopic (exact) mass is 590 g/mol. The van der Waals surface area contributed by atoms with E-state index in [1.165, 1.54) is 0 Å². The van der Waals surface area contributed by atoms with Crippen LogP contribution in [0.5, 0.6) is 0 Å². The summed E-state index contributed by atoms with van der Waals surface area (Å²) in [5, 5.41) is 2.76. The lowest BCUT2D eigenvalue weighted by molar-refractivity contribution is -0.140. The van der Waals surface area contributed by atoms with E-state index in [0.717, 1.165) is 40.0 Å². The molecule has 0 unspecified atom stereocenters. The van der Waals surface area contributed by atoms with Gasteiger partial charge in [0.25, 0.3) is 0 Å². The number of unbranched alkanes of at least 4 members (excludes halogenated alkanes) is 1. The number of alkyl halides is 2. The van der Waals surface area contributed by atoms with Crippen molar-refractivity contribution in [2.24, 2.45) is 11.8 Å². The number of rotatable bonds is 8. The van der Waals surface area contributed by atoms with Gasteiger partial charge < -0.3 is 10.1 Å². The Kier molecular flexibility index (Phi) is 6.91. The lowest BCUT2D eigenvalue weighted by atomic mass is 9.54. The lowest BCUT2D eigenvalue weighted by Crippen LogP contribution is -2.57. The molecule has 0 radical (unpaired) electrons. The van der Waals surface area contributed by atoms with Crippen molar-refractivity contribution in [3.63, 3.8) is 0 Å². The van der Waals surface area contributed by atoms with Crippen LogP contribution < -0.4 is 5.32 Å². The lowest BCUT2D eigenvalue weighted by Gasteiger charge is -2.54. The van der Waals surface area contributed by atoms with Crippen LogP contribution in [-0.4, -0.2) is 41.7 Å². The number of carbonyl (C=O) groups excluding carboxylic acids is 4. The summed E-state index contributed by atoms with van der Waals surface area (Å²) in [4.78, 5) is 51.3. The summed E-state index contributed by atoms with van der Waals surface area (Å²) >= 11 is 14.8. The normalized spacial score (nSPS) is 25.4. The molecule has 0 aromatic heterocycles. The van der Waals surface area contributed by atoms with E-state index in [1.807, 2.05) is 55.5 Å². The molecule has 2 bridgehead atoms. The summed E-state index contributed by atoms with van der Waals surface area (Å²) < 4.78 is 5.21. The van der Waals surface area contributed by atoms with Gasteiger partial charge in [-0.25, -0.2) is 4.79 Å². The minimum absolute atomic E-state index is 0.106. The number of carbonyl (C=O) groups is 4. The Morgan fingerprint density at radius 3 is 1.78 bits per heavy atom. The van der Waals surface area contributed by atoms with E-state index in [0.29, 0.717) is 17.9 Å². The van der Waals surface area contributed by atoms with Gasteiger partial charge in [-0.3, -0.25) is 19.3 Å². The average molecular weight is 591 g/mol. The molecule has 41 heavy (non-hydrogen) atoms. The molecule has 1 saturated heterocycles. The Balaban J connectivity index is 1.19. The van der Waals surface area contributed by atoms with Gasteiger partial charge in [0, 0.05) is 18.7 Å². The van der Waals surface area contributed by atoms with Crippen LogP contribution in [0.4, 0.5) is 5.69 Å². The number of hydrogen-bond donors (Lipinski definition) is 1. The van der Waals surface area contributed by atoms with Gasteiger partial charge in [-0.1, -0.05) is 61.9 Å². The van der Waals surface area contributed by atoms with Crippen molar-refractivity contribution in [2.45, 2.75) is 35.9 Å². The molecule has 1 fully saturated rings. The maximum Gasteiger partial charge on any atom is 0.338 e. The number of imide groups is 1. The molecule has 210 valence electrons. The van der Waals surface area contributed by atoms with Crippen LogP contribution in [0.25, 0.3) is 0 Å². The number of ether oxygens (including phenoxy) is 1. The fraction of sp³-hybridized carbons (Fsp3) is 0.312. The maximum absolute atomic E-state index is 13.9. The summed E-state index contributed by atoms with van der Waals surface area (Å²) in [5.41, 5.74) is 3.79. The van der Waals surface area contributed by atoms with Crippen LogP contribution >= 0.6 is 23.2 Å². The number of halogens is 2. The zero-order valence-corrected chi connectivity index (χ0v) is 23.9. The topological polar surface area (TPSA) is 92.8 Å². The minimum atomic E-state index is -1.25. The van der Waals surface area contributed by atoms with Gasteiger partial charge in [-0.05, 0) is 52.9 Å². The second-order valence-electron chi connectivity index (χ2n) is 10.7. The van der Waals surface area contributed by atoms with E-state index >= 15 is 0 Å². The summed E-state index contributed by atoms with van der Waals surface area (Å²) in [5.74, 6) is -3.45. The van der Waals surface area contributed by atoms with Gasteiger partial charge in [0.05, 0.1) is 24.0 Å². The molecule has 1 N–H and O–H groups in total. The van der Waals surface area contributed by atoms with Crippen molar-refractivity contribution in [2.75, 3.05) is 18.5 Å². The summed E-state index contributed by atoms with van der Waals surface area (Å²) in [6, 6.07) is 21.3. The molecular weight excluding hydrogens is 563 g/mol. The van der Waals surface area contributed by atoms with Crippen LogP contribution in [0.3, 0.4) is 0 Å². The zero-order valence-electron chi connectivity index (χ0n) is 22.4. The molecule has 1 heterocycles. The van der Waals surface area contributed by atoms with Crippen molar-refractivity contribution < 1.29 is 23.9 Å². The number of amides is 3. The number of esters is 1. The number of likely N-dealkylation sites (tertiary alicyclic amines) is 1. The second kappa shape index (κ2) is 10.3. The van der Waals surface area contributed by atoms with E-state index in [-0.39, 0.29) is 18.9 Å². The van der Waals surface area contributed by atoms with E-state index in [4.69, 9.17) is 27.9 Å². The Morgan fingerprint density at radius 1 is 0.829 bits per heavy atom. The third-order valence-corrected chi connectivity index (χ3v) is 9.66. The summed E-state index contributed by atoms with van der Waals surface area (Å²) in [7, 11) is 0. The van der Waals surface area contributed by atoms with E-state index in [9.17, 15) is 19.2 Å². The quantitative estimate of drug-likeness (QED) is 0.160.